The van der Waals surface area contributed by atoms with Crippen molar-refractivity contribution in [3.05, 3.63) is 59.7 Å². The molecular weight excluding hydrogens is 280 g/mol. The van der Waals surface area contributed by atoms with Crippen molar-refractivity contribution in [3.8, 4) is 5.75 Å². The zero-order valence-corrected chi connectivity index (χ0v) is 12.2. The molecule has 5 heteroatoms. The summed E-state index contributed by atoms with van der Waals surface area (Å²) in [5.41, 5.74) is 8.39. The predicted molar refractivity (Wildman–Crippen MR) is 83.4 cm³/mol. The normalized spacial score (nSPS) is 13.7. The monoisotopic (exact) mass is 298 g/mol. The van der Waals surface area contributed by atoms with Crippen molar-refractivity contribution in [2.75, 3.05) is 18.9 Å². The van der Waals surface area contributed by atoms with Crippen molar-refractivity contribution in [1.29, 1.82) is 0 Å². The van der Waals surface area contributed by atoms with Crippen LogP contribution in [0.3, 0.4) is 0 Å². The lowest BCUT2D eigenvalue weighted by Crippen LogP contribution is -2.33. The van der Waals surface area contributed by atoms with E-state index in [1.54, 1.807) is 11.0 Å². The van der Waals surface area contributed by atoms with Crippen LogP contribution in [0.5, 0.6) is 5.75 Å². The lowest BCUT2D eigenvalue weighted by atomic mass is 10.1. The summed E-state index contributed by atoms with van der Waals surface area (Å²) in [6.45, 7) is 1.56. The number of anilines is 1. The first-order valence-electron chi connectivity index (χ1n) is 7.20. The molecule has 114 valence electrons. The lowest BCUT2D eigenvalue weighted by molar-refractivity contribution is 0.0914. The third-order valence-corrected chi connectivity index (χ3v) is 3.60. The summed E-state index contributed by atoms with van der Waals surface area (Å²) in [6, 6.07) is 15.1. The van der Waals surface area contributed by atoms with Gasteiger partial charge in [0, 0.05) is 11.3 Å². The van der Waals surface area contributed by atoms with Crippen molar-refractivity contribution >= 4 is 11.8 Å². The molecule has 2 aromatic carbocycles. The smallest absolute Gasteiger partial charge is 0.410 e. The molecule has 1 aliphatic rings. The van der Waals surface area contributed by atoms with E-state index in [2.05, 4.69) is 0 Å². The van der Waals surface area contributed by atoms with Crippen LogP contribution < -0.4 is 10.5 Å². The number of carbonyl (C=O) groups excluding carboxylic acids is 1. The average Bonchev–Trinajstić information content (AvgIpc) is 2.77. The van der Waals surface area contributed by atoms with Crippen LogP contribution in [0.25, 0.3) is 0 Å². The molecule has 1 heterocycles. The number of rotatable bonds is 2. The van der Waals surface area contributed by atoms with Crippen molar-refractivity contribution in [2.45, 2.75) is 13.2 Å². The molecule has 1 amide bonds. The Labute approximate surface area is 129 Å². The Balaban J connectivity index is 1.67. The topological polar surface area (TPSA) is 64.8 Å². The maximum absolute atomic E-state index is 12.3. The van der Waals surface area contributed by atoms with Gasteiger partial charge < -0.3 is 20.1 Å². The highest BCUT2D eigenvalue weighted by molar-refractivity contribution is 5.69. The van der Waals surface area contributed by atoms with Crippen LogP contribution in [0.2, 0.25) is 0 Å². The number of nitrogens with two attached hydrogens (primary N) is 1. The second-order valence-electron chi connectivity index (χ2n) is 5.13. The van der Waals surface area contributed by atoms with Gasteiger partial charge in [0.1, 0.15) is 19.0 Å². The van der Waals surface area contributed by atoms with E-state index in [0.29, 0.717) is 25.4 Å². The number of nitrogen functional groups attached to an aromatic ring is 1. The molecule has 0 radical (unpaired) electrons. The summed E-state index contributed by atoms with van der Waals surface area (Å²) < 4.78 is 11.0. The van der Waals surface area contributed by atoms with Crippen LogP contribution in [0.1, 0.15) is 11.1 Å². The van der Waals surface area contributed by atoms with Gasteiger partial charge in [-0.3, -0.25) is 0 Å². The second-order valence-corrected chi connectivity index (χ2v) is 5.13. The van der Waals surface area contributed by atoms with Gasteiger partial charge in [0.2, 0.25) is 0 Å². The molecule has 0 spiro atoms. The van der Waals surface area contributed by atoms with Crippen molar-refractivity contribution in [2.24, 2.45) is 0 Å². The van der Waals surface area contributed by atoms with Crippen molar-refractivity contribution < 1.29 is 14.3 Å². The number of ether oxygens (including phenoxy) is 2. The van der Waals surface area contributed by atoms with Crippen LogP contribution in [-0.2, 0) is 17.9 Å². The van der Waals surface area contributed by atoms with Crippen molar-refractivity contribution in [1.82, 2.24) is 4.90 Å². The Bertz CT molecular complexity index is 658. The number of hydrogen-bond donors (Lipinski definition) is 1. The third-order valence-electron chi connectivity index (χ3n) is 3.60. The molecule has 22 heavy (non-hydrogen) atoms. The maximum atomic E-state index is 12.3. The Morgan fingerprint density at radius 3 is 2.82 bits per heavy atom. The summed E-state index contributed by atoms with van der Waals surface area (Å²) in [6.07, 6.45) is -0.358. The van der Waals surface area contributed by atoms with Gasteiger partial charge in [-0.05, 0) is 17.7 Å². The van der Waals surface area contributed by atoms with Crippen LogP contribution >= 0.6 is 0 Å². The molecule has 5 nitrogen and oxygen atoms in total. The van der Waals surface area contributed by atoms with E-state index in [-0.39, 0.29) is 12.7 Å². The van der Waals surface area contributed by atoms with E-state index >= 15 is 0 Å². The first kappa shape index (κ1) is 14.3. The lowest BCUT2D eigenvalue weighted by Gasteiger charge is -2.19. The summed E-state index contributed by atoms with van der Waals surface area (Å²) in [7, 11) is 0. The number of carbonyl (C=O) groups is 1. The largest absolute Gasteiger partial charge is 0.491 e. The highest BCUT2D eigenvalue weighted by Crippen LogP contribution is 2.28. The Hall–Kier alpha value is -2.69. The van der Waals surface area contributed by atoms with Gasteiger partial charge in [-0.25, -0.2) is 4.79 Å². The van der Waals surface area contributed by atoms with Gasteiger partial charge in [0.05, 0.1) is 13.1 Å². The van der Waals surface area contributed by atoms with Gasteiger partial charge in [0.25, 0.3) is 0 Å². The standard InChI is InChI=1S/C17H18N2O3/c18-15-7-4-8-16-14(15)11-19(9-10-21-16)17(20)22-12-13-5-2-1-3-6-13/h1-8H,9-12,18H2. The predicted octanol–water partition coefficient (Wildman–Crippen LogP) is 2.80. The molecule has 1 aliphatic heterocycles. The zero-order chi connectivity index (χ0) is 15.4. The summed E-state index contributed by atoms with van der Waals surface area (Å²) in [5.74, 6) is 0.735. The van der Waals surface area contributed by atoms with Crippen LogP contribution in [0, 0.1) is 0 Å². The molecule has 0 bridgehead atoms. The molecule has 2 aromatic rings. The van der Waals surface area contributed by atoms with E-state index in [1.807, 2.05) is 42.5 Å². The summed E-state index contributed by atoms with van der Waals surface area (Å²) in [4.78, 5) is 13.9. The minimum Gasteiger partial charge on any atom is -0.491 e. The molecule has 0 atom stereocenters. The second kappa shape index (κ2) is 6.39. The van der Waals surface area contributed by atoms with Gasteiger partial charge >= 0.3 is 6.09 Å². The Kier molecular flexibility index (Phi) is 4.14. The van der Waals surface area contributed by atoms with Crippen LogP contribution in [0.15, 0.2) is 48.5 Å². The van der Waals surface area contributed by atoms with Crippen LogP contribution in [0.4, 0.5) is 10.5 Å². The van der Waals surface area contributed by atoms with E-state index < -0.39 is 0 Å². The highest BCUT2D eigenvalue weighted by Gasteiger charge is 2.22. The van der Waals surface area contributed by atoms with E-state index in [9.17, 15) is 4.79 Å². The third kappa shape index (κ3) is 3.14. The van der Waals surface area contributed by atoms with Gasteiger partial charge in [0.15, 0.2) is 0 Å². The molecule has 0 unspecified atom stereocenters. The molecule has 0 aliphatic carbocycles. The average molecular weight is 298 g/mol. The summed E-state index contributed by atoms with van der Waals surface area (Å²) in [5, 5.41) is 0. The van der Waals surface area contributed by atoms with Gasteiger partial charge in [-0.2, -0.15) is 0 Å². The minimum absolute atomic E-state index is 0.258. The molecular formula is C17H18N2O3. The number of fused-ring (bicyclic) bond motifs is 1. The fraction of sp³-hybridized carbons (Fsp3) is 0.235. The molecule has 0 fully saturated rings. The van der Waals surface area contributed by atoms with Crippen LogP contribution in [-0.4, -0.2) is 24.1 Å². The molecule has 2 N–H and O–H groups in total. The zero-order valence-electron chi connectivity index (χ0n) is 12.2. The summed E-state index contributed by atoms with van der Waals surface area (Å²) >= 11 is 0. The first-order chi connectivity index (χ1) is 10.7. The fourth-order valence-electron chi connectivity index (χ4n) is 2.39. The Morgan fingerprint density at radius 2 is 2.00 bits per heavy atom. The van der Waals surface area contributed by atoms with E-state index in [1.165, 1.54) is 0 Å². The maximum Gasteiger partial charge on any atom is 0.410 e. The van der Waals surface area contributed by atoms with Crippen molar-refractivity contribution in [3.63, 3.8) is 0 Å². The number of hydrogen-bond acceptors (Lipinski definition) is 4. The highest BCUT2D eigenvalue weighted by atomic mass is 16.6. The van der Waals surface area contributed by atoms with Gasteiger partial charge in [-0.15, -0.1) is 0 Å². The molecule has 3 rings (SSSR count). The minimum atomic E-state index is -0.358. The van der Waals surface area contributed by atoms with Gasteiger partial charge in [-0.1, -0.05) is 36.4 Å². The number of benzene rings is 2. The quantitative estimate of drug-likeness (QED) is 0.866. The number of nitrogens with zero attached hydrogens (tertiary/aromatic N) is 1. The Morgan fingerprint density at radius 1 is 1.18 bits per heavy atom. The SMILES string of the molecule is Nc1cccc2c1CN(C(=O)OCc1ccccc1)CCO2. The molecule has 0 saturated carbocycles. The molecule has 0 saturated heterocycles. The number of amides is 1. The van der Waals surface area contributed by atoms with E-state index in [4.69, 9.17) is 15.2 Å². The fourth-order valence-corrected chi connectivity index (χ4v) is 2.39. The first-order valence-corrected chi connectivity index (χ1v) is 7.20. The van der Waals surface area contributed by atoms with E-state index in [0.717, 1.165) is 16.9 Å². The molecule has 0 aromatic heterocycles.